The summed E-state index contributed by atoms with van der Waals surface area (Å²) in [5.41, 5.74) is 0.164. The van der Waals surface area contributed by atoms with Crippen LogP contribution >= 0.6 is 67.8 Å². The fraction of sp³-hybridized carbons (Fsp3) is 0.429. The molecule has 1 aromatic rings. The molecule has 8 N–H and O–H groups in total. The number of aliphatic hydroxyl groups is 4. The summed E-state index contributed by atoms with van der Waals surface area (Å²) < 4.78 is 0.961. The van der Waals surface area contributed by atoms with Gasteiger partial charge in [0.1, 0.15) is 0 Å². The first kappa shape index (κ1) is 25.0. The summed E-state index contributed by atoms with van der Waals surface area (Å²) in [6.07, 6.45) is 0. The van der Waals surface area contributed by atoms with Crippen molar-refractivity contribution in [1.29, 1.82) is 0 Å². The lowest BCUT2D eigenvalue weighted by molar-refractivity contribution is 0.0873. The zero-order chi connectivity index (χ0) is 20.7. The predicted molar refractivity (Wildman–Crippen MR) is 120 cm³/mol. The van der Waals surface area contributed by atoms with Crippen LogP contribution in [0.4, 0.5) is 0 Å². The molecule has 0 aromatic heterocycles. The number of benzene rings is 1. The summed E-state index contributed by atoms with van der Waals surface area (Å²) >= 11 is 5.51. The maximum atomic E-state index is 12.6. The molecule has 0 saturated heterocycles. The number of aliphatic hydroxyl groups excluding tert-OH is 4. The fourth-order valence-electron chi connectivity index (χ4n) is 1.96. The molecule has 1 aromatic carbocycles. The second-order valence-electron chi connectivity index (χ2n) is 5.21. The van der Waals surface area contributed by atoms with E-state index in [1.54, 1.807) is 0 Å². The van der Waals surface area contributed by atoms with E-state index in [4.69, 9.17) is 31.2 Å². The lowest BCUT2D eigenvalue weighted by Gasteiger charge is -2.20. The lowest BCUT2D eigenvalue weighted by atomic mass is 10.1. The Morgan fingerprint density at radius 1 is 0.815 bits per heavy atom. The highest BCUT2D eigenvalue weighted by molar-refractivity contribution is 14.1. The van der Waals surface area contributed by atoms with Crippen LogP contribution in [0.2, 0.25) is 0 Å². The summed E-state index contributed by atoms with van der Waals surface area (Å²) in [7, 11) is 0. The Labute approximate surface area is 195 Å². The monoisotopic (exact) mass is 721 g/mol. The quantitative estimate of drug-likeness (QED) is 0.125. The number of nitrogens with one attached hydrogen (secondary N) is 2. The number of carbonyl (C=O) groups is 2. The van der Waals surface area contributed by atoms with E-state index >= 15 is 0 Å². The van der Waals surface area contributed by atoms with Gasteiger partial charge in [0.2, 0.25) is 0 Å². The third-order valence-corrected chi connectivity index (χ3v) is 6.54. The highest BCUT2D eigenvalue weighted by Crippen LogP contribution is 2.36. The Bertz CT molecular complexity index is 644. The van der Waals surface area contributed by atoms with E-state index in [1.807, 2.05) is 67.8 Å². The highest BCUT2D eigenvalue weighted by atomic mass is 127. The average molecular weight is 721 g/mol. The van der Waals surface area contributed by atoms with Gasteiger partial charge in [-0.2, -0.15) is 5.90 Å². The largest absolute Gasteiger partial charge is 0.409 e. The van der Waals surface area contributed by atoms with E-state index in [-0.39, 0.29) is 20.4 Å². The SMILES string of the molecule is NOc1c(I)c(C(=O)NC(CO)CO)c(I)c(C(=O)NC(CO)CO)c1I. The zero-order valence-corrected chi connectivity index (χ0v) is 20.2. The van der Waals surface area contributed by atoms with Gasteiger partial charge in [-0.05, 0) is 67.8 Å². The molecule has 2 amide bonds. The van der Waals surface area contributed by atoms with Gasteiger partial charge in [-0.3, -0.25) is 9.59 Å². The molecule has 0 spiro atoms. The molecule has 13 heteroatoms. The zero-order valence-electron chi connectivity index (χ0n) is 13.7. The maximum absolute atomic E-state index is 12.6. The number of rotatable bonds is 9. The van der Waals surface area contributed by atoms with Crippen molar-refractivity contribution in [3.05, 3.63) is 21.8 Å². The molecular weight excluding hydrogens is 703 g/mol. The van der Waals surface area contributed by atoms with Crippen molar-refractivity contribution in [1.82, 2.24) is 10.6 Å². The van der Waals surface area contributed by atoms with E-state index in [2.05, 4.69) is 10.6 Å². The van der Waals surface area contributed by atoms with Crippen molar-refractivity contribution in [3.8, 4) is 5.75 Å². The van der Waals surface area contributed by atoms with Crippen LogP contribution < -0.4 is 21.4 Å². The van der Waals surface area contributed by atoms with E-state index < -0.39 is 50.3 Å². The van der Waals surface area contributed by atoms with Gasteiger partial charge < -0.3 is 35.9 Å². The van der Waals surface area contributed by atoms with E-state index in [0.717, 1.165) is 0 Å². The second-order valence-corrected chi connectivity index (χ2v) is 8.45. The molecule has 0 saturated carbocycles. The van der Waals surface area contributed by atoms with Gasteiger partial charge in [0.05, 0.1) is 56.8 Å². The third kappa shape index (κ3) is 5.97. The summed E-state index contributed by atoms with van der Waals surface area (Å²) in [6.45, 7) is -1.88. The summed E-state index contributed by atoms with van der Waals surface area (Å²) in [6, 6.07) is -1.76. The first-order valence-corrected chi connectivity index (χ1v) is 10.6. The van der Waals surface area contributed by atoms with E-state index in [0.29, 0.717) is 7.14 Å². The molecule has 10 nitrogen and oxygen atoms in total. The van der Waals surface area contributed by atoms with Crippen LogP contribution in [-0.2, 0) is 0 Å². The van der Waals surface area contributed by atoms with Crippen LogP contribution in [0, 0.1) is 10.7 Å². The number of nitrogens with two attached hydrogens (primary N) is 1. The Morgan fingerprint density at radius 3 is 1.41 bits per heavy atom. The minimum atomic E-state index is -0.879. The van der Waals surface area contributed by atoms with Crippen molar-refractivity contribution < 1.29 is 34.9 Å². The maximum Gasteiger partial charge on any atom is 0.253 e. The van der Waals surface area contributed by atoms with Crippen molar-refractivity contribution in [3.63, 3.8) is 0 Å². The lowest BCUT2D eigenvalue weighted by Crippen LogP contribution is -2.42. The molecule has 0 bridgehead atoms. The van der Waals surface area contributed by atoms with Crippen LogP contribution in [-0.4, -0.2) is 70.8 Å². The molecule has 0 aliphatic rings. The number of halogens is 3. The number of amides is 2. The highest BCUT2D eigenvalue weighted by Gasteiger charge is 2.30. The van der Waals surface area contributed by atoms with Crippen LogP contribution in [0.25, 0.3) is 0 Å². The Kier molecular flexibility index (Phi) is 10.9. The van der Waals surface area contributed by atoms with Crippen LogP contribution in [0.1, 0.15) is 20.7 Å². The minimum Gasteiger partial charge on any atom is -0.409 e. The molecule has 152 valence electrons. The van der Waals surface area contributed by atoms with Crippen LogP contribution in [0.15, 0.2) is 0 Å². The van der Waals surface area contributed by atoms with E-state index in [1.165, 1.54) is 0 Å². The molecule has 0 atom stereocenters. The first-order valence-electron chi connectivity index (χ1n) is 7.39. The van der Waals surface area contributed by atoms with Gasteiger partial charge in [0.15, 0.2) is 5.75 Å². The second kappa shape index (κ2) is 11.8. The van der Waals surface area contributed by atoms with Crippen molar-refractivity contribution >= 4 is 79.6 Å². The minimum absolute atomic E-state index is 0.0821. The number of hydrogen-bond acceptors (Lipinski definition) is 8. The Balaban J connectivity index is 3.49. The average Bonchev–Trinajstić information content (AvgIpc) is 2.64. The van der Waals surface area contributed by atoms with Gasteiger partial charge in [0, 0.05) is 3.57 Å². The van der Waals surface area contributed by atoms with E-state index in [9.17, 15) is 9.59 Å². The van der Waals surface area contributed by atoms with Crippen LogP contribution in [0.5, 0.6) is 5.75 Å². The fourth-order valence-corrected chi connectivity index (χ4v) is 6.36. The number of carbonyl (C=O) groups excluding carboxylic acids is 2. The molecule has 0 heterocycles. The molecule has 0 aliphatic carbocycles. The first-order chi connectivity index (χ1) is 12.8. The summed E-state index contributed by atoms with van der Waals surface area (Å²) in [5, 5.41) is 41.6. The van der Waals surface area contributed by atoms with Gasteiger partial charge in [-0.25, -0.2) is 0 Å². The van der Waals surface area contributed by atoms with Crippen LogP contribution in [0.3, 0.4) is 0 Å². The van der Waals surface area contributed by atoms with Gasteiger partial charge in [-0.1, -0.05) is 0 Å². The van der Waals surface area contributed by atoms with Gasteiger partial charge in [0.25, 0.3) is 11.8 Å². The smallest absolute Gasteiger partial charge is 0.253 e. The van der Waals surface area contributed by atoms with Crippen molar-refractivity contribution in [2.75, 3.05) is 26.4 Å². The summed E-state index contributed by atoms with van der Waals surface area (Å²) in [5.74, 6) is 4.13. The van der Waals surface area contributed by atoms with Crippen molar-refractivity contribution in [2.45, 2.75) is 12.1 Å². The molecule has 0 unspecified atom stereocenters. The molecule has 0 aliphatic heterocycles. The normalized spacial score (nSPS) is 11.0. The standard InChI is InChI=1S/C14H18I3N3O7/c15-9-7(13(25)19-5(1-21)2-22)10(16)12(27-18)11(17)8(9)14(26)20-6(3-23)4-24/h5-6,21-24H,1-4,18H2,(H,19,25)(H,20,26). The third-order valence-electron chi connectivity index (χ3n) is 3.40. The predicted octanol–water partition coefficient (Wildman–Crippen LogP) is -1.08. The van der Waals surface area contributed by atoms with Crippen molar-refractivity contribution in [2.24, 2.45) is 5.90 Å². The Hall–Kier alpha value is -0.0500. The topological polar surface area (TPSA) is 174 Å². The molecule has 0 radical (unpaired) electrons. The van der Waals surface area contributed by atoms with Gasteiger partial charge >= 0.3 is 0 Å². The Morgan fingerprint density at radius 2 is 1.15 bits per heavy atom. The molecule has 0 fully saturated rings. The summed E-state index contributed by atoms with van der Waals surface area (Å²) in [4.78, 5) is 30.2. The number of hydrogen-bond donors (Lipinski definition) is 7. The van der Waals surface area contributed by atoms with Gasteiger partial charge in [-0.15, -0.1) is 0 Å². The molecule has 1 rings (SSSR count). The molecule has 27 heavy (non-hydrogen) atoms. The molecular formula is C14H18I3N3O7.